The van der Waals surface area contributed by atoms with Crippen molar-refractivity contribution in [1.29, 1.82) is 0 Å². The molecule has 14 heteroatoms. The summed E-state index contributed by atoms with van der Waals surface area (Å²) in [5, 5.41) is 9.83. The lowest BCUT2D eigenvalue weighted by molar-refractivity contribution is -0.140. The van der Waals surface area contributed by atoms with Crippen LogP contribution in [0.5, 0.6) is 0 Å². The molecule has 2 aliphatic rings. The molecule has 32 heavy (non-hydrogen) atoms. The fraction of sp³-hybridized carbons (Fsp3) is 0.500. The summed E-state index contributed by atoms with van der Waals surface area (Å²) in [4.78, 5) is 31.0. The van der Waals surface area contributed by atoms with E-state index in [0.717, 1.165) is 11.1 Å². The van der Waals surface area contributed by atoms with Gasteiger partial charge in [-0.05, 0) is 6.92 Å². The Labute approximate surface area is 180 Å². The Hall–Kier alpha value is -3.26. The lowest BCUT2D eigenvalue weighted by atomic mass is 10.0. The van der Waals surface area contributed by atoms with Gasteiger partial charge in [0.2, 0.25) is 11.9 Å². The summed E-state index contributed by atoms with van der Waals surface area (Å²) in [6, 6.07) is 1.20. The molecule has 3 N–H and O–H groups in total. The van der Waals surface area contributed by atoms with Gasteiger partial charge in [-0.3, -0.25) is 0 Å². The van der Waals surface area contributed by atoms with Gasteiger partial charge in [0, 0.05) is 30.9 Å². The van der Waals surface area contributed by atoms with E-state index in [4.69, 9.17) is 15.2 Å². The van der Waals surface area contributed by atoms with E-state index >= 15 is 0 Å². The highest BCUT2D eigenvalue weighted by atomic mass is 19.4. The molecule has 1 atom stereocenters. The molecule has 4 rings (SSSR count). The van der Waals surface area contributed by atoms with E-state index in [1.54, 1.807) is 11.8 Å². The third-order valence-corrected chi connectivity index (χ3v) is 5.15. The molecule has 0 spiro atoms. The van der Waals surface area contributed by atoms with Crippen molar-refractivity contribution < 1.29 is 32.5 Å². The summed E-state index contributed by atoms with van der Waals surface area (Å²) < 4.78 is 51.4. The van der Waals surface area contributed by atoms with Crippen LogP contribution in [0.4, 0.5) is 35.7 Å². The zero-order chi connectivity index (χ0) is 23.1. The Bertz CT molecular complexity index is 1030. The van der Waals surface area contributed by atoms with Crippen LogP contribution in [0.15, 0.2) is 12.3 Å². The normalized spacial score (nSPS) is 21.7. The number of hydrogen-bond donors (Lipinski definition) is 2. The molecule has 1 amide bonds. The number of nitrogen functional groups attached to an aromatic ring is 1. The number of alkyl halides is 3. The van der Waals surface area contributed by atoms with E-state index in [-0.39, 0.29) is 24.1 Å². The largest absolute Gasteiger partial charge is 0.447 e. The second-order valence-corrected chi connectivity index (χ2v) is 7.54. The Morgan fingerprint density at radius 2 is 1.97 bits per heavy atom. The highest BCUT2D eigenvalue weighted by molar-refractivity contribution is 5.91. The van der Waals surface area contributed by atoms with E-state index in [1.165, 1.54) is 6.07 Å². The predicted molar refractivity (Wildman–Crippen MR) is 105 cm³/mol. The highest BCUT2D eigenvalue weighted by Crippen LogP contribution is 2.38. The molecule has 4 heterocycles. The second-order valence-electron chi connectivity index (χ2n) is 7.54. The molecule has 0 bridgehead atoms. The van der Waals surface area contributed by atoms with Gasteiger partial charge in [0.05, 0.1) is 25.5 Å². The van der Waals surface area contributed by atoms with Crippen molar-refractivity contribution in [3.63, 3.8) is 0 Å². The number of morpholine rings is 1. The van der Waals surface area contributed by atoms with Crippen LogP contribution in [-0.2, 0) is 15.7 Å². The van der Waals surface area contributed by atoms with Crippen molar-refractivity contribution in [1.82, 2.24) is 19.9 Å². The van der Waals surface area contributed by atoms with E-state index in [1.807, 2.05) is 0 Å². The minimum atomic E-state index is -4.83. The van der Waals surface area contributed by atoms with Crippen LogP contribution >= 0.6 is 0 Å². The number of halogens is 3. The van der Waals surface area contributed by atoms with Crippen LogP contribution in [-0.4, -0.2) is 76.2 Å². The van der Waals surface area contributed by atoms with Crippen LogP contribution in [0, 0.1) is 0 Å². The molecule has 0 aromatic carbocycles. The van der Waals surface area contributed by atoms with Gasteiger partial charge in [0.25, 0.3) is 0 Å². The van der Waals surface area contributed by atoms with E-state index in [9.17, 15) is 23.1 Å². The number of anilines is 3. The maximum absolute atomic E-state index is 13.7. The standard InChI is InChI=1S/C18H20F3N7O4/c1-17(8-29)9-32-16(30)28(17)12-6-11(24-15(25-12)27-2-4-31-5-3-27)10-7-23-14(22)26-13(10)18(19,20)21/h6-7,29H,2-5,8-9H2,1H3,(H2,22,23,26). The number of aliphatic hydroxyl groups is 1. The number of nitrogens with two attached hydrogens (primary N) is 1. The molecular formula is C18H20F3N7O4. The summed E-state index contributed by atoms with van der Waals surface area (Å²) in [6.07, 6.45) is -4.69. The van der Waals surface area contributed by atoms with Crippen molar-refractivity contribution in [3.8, 4) is 11.3 Å². The van der Waals surface area contributed by atoms with Crippen molar-refractivity contribution in [2.75, 3.05) is 55.1 Å². The molecule has 2 aromatic heterocycles. The minimum absolute atomic E-state index is 0.0273. The van der Waals surface area contributed by atoms with Crippen molar-refractivity contribution in [2.24, 2.45) is 0 Å². The number of hydrogen-bond acceptors (Lipinski definition) is 10. The first-order valence-corrected chi connectivity index (χ1v) is 9.62. The molecule has 2 fully saturated rings. The van der Waals surface area contributed by atoms with E-state index < -0.39 is 41.6 Å². The summed E-state index contributed by atoms with van der Waals surface area (Å²) in [5.74, 6) is -0.481. The van der Waals surface area contributed by atoms with Gasteiger partial charge >= 0.3 is 12.3 Å². The smallest absolute Gasteiger partial charge is 0.434 e. The molecular weight excluding hydrogens is 435 g/mol. The molecule has 172 valence electrons. The first-order chi connectivity index (χ1) is 15.1. The fourth-order valence-electron chi connectivity index (χ4n) is 3.43. The van der Waals surface area contributed by atoms with Crippen LogP contribution in [0.1, 0.15) is 12.6 Å². The van der Waals surface area contributed by atoms with Crippen molar-refractivity contribution >= 4 is 23.8 Å². The Kier molecular flexibility index (Phi) is 5.50. The first-order valence-electron chi connectivity index (χ1n) is 9.62. The second kappa shape index (κ2) is 8.02. The van der Waals surface area contributed by atoms with E-state index in [2.05, 4.69) is 19.9 Å². The van der Waals surface area contributed by atoms with Crippen LogP contribution in [0.25, 0.3) is 11.3 Å². The number of ether oxygens (including phenoxy) is 2. The third-order valence-electron chi connectivity index (χ3n) is 5.15. The number of nitrogens with zero attached hydrogens (tertiary/aromatic N) is 6. The highest BCUT2D eigenvalue weighted by Gasteiger charge is 2.46. The maximum Gasteiger partial charge on any atom is 0.434 e. The van der Waals surface area contributed by atoms with Gasteiger partial charge in [0.15, 0.2) is 5.69 Å². The summed E-state index contributed by atoms with van der Waals surface area (Å²) >= 11 is 0. The van der Waals surface area contributed by atoms with Crippen molar-refractivity contribution in [2.45, 2.75) is 18.6 Å². The van der Waals surface area contributed by atoms with Crippen molar-refractivity contribution in [3.05, 3.63) is 18.0 Å². The predicted octanol–water partition coefficient (Wildman–Crippen LogP) is 1.08. The molecule has 2 aliphatic heterocycles. The van der Waals surface area contributed by atoms with Crippen LogP contribution in [0.3, 0.4) is 0 Å². The van der Waals surface area contributed by atoms with Crippen LogP contribution < -0.4 is 15.5 Å². The lowest BCUT2D eigenvalue weighted by Gasteiger charge is -2.31. The van der Waals surface area contributed by atoms with Gasteiger partial charge < -0.3 is 25.2 Å². The third kappa shape index (κ3) is 3.98. The van der Waals surface area contributed by atoms with Gasteiger partial charge in [-0.1, -0.05) is 0 Å². The number of rotatable bonds is 4. The number of aromatic nitrogens is 4. The van der Waals surface area contributed by atoms with Gasteiger partial charge in [-0.2, -0.15) is 18.2 Å². The quantitative estimate of drug-likeness (QED) is 0.688. The first kappa shape index (κ1) is 22.0. The van der Waals surface area contributed by atoms with E-state index in [0.29, 0.717) is 26.3 Å². The maximum atomic E-state index is 13.7. The Morgan fingerprint density at radius 1 is 1.25 bits per heavy atom. The van der Waals surface area contributed by atoms with Gasteiger partial charge in [-0.15, -0.1) is 0 Å². The van der Waals surface area contributed by atoms with Gasteiger partial charge in [-0.25, -0.2) is 24.6 Å². The molecule has 2 aromatic rings. The average molecular weight is 455 g/mol. The molecule has 0 aliphatic carbocycles. The molecule has 11 nitrogen and oxygen atoms in total. The minimum Gasteiger partial charge on any atom is -0.447 e. The molecule has 2 saturated heterocycles. The zero-order valence-electron chi connectivity index (χ0n) is 17.0. The molecule has 0 saturated carbocycles. The summed E-state index contributed by atoms with van der Waals surface area (Å²) in [7, 11) is 0. The number of amides is 1. The SMILES string of the molecule is CC1(CO)COC(=O)N1c1cc(-c2cnc(N)nc2C(F)(F)F)nc(N2CCOCC2)n1. The summed E-state index contributed by atoms with van der Waals surface area (Å²) in [6.45, 7) is 2.55. The number of cyclic esters (lactones) is 1. The average Bonchev–Trinajstić information content (AvgIpc) is 3.08. The lowest BCUT2D eigenvalue weighted by Crippen LogP contribution is -2.48. The number of aliphatic hydroxyl groups excluding tert-OH is 1. The number of carbonyl (C=O) groups is 1. The fourth-order valence-corrected chi connectivity index (χ4v) is 3.43. The van der Waals surface area contributed by atoms with Crippen LogP contribution in [0.2, 0.25) is 0 Å². The molecule has 1 unspecified atom stereocenters. The Morgan fingerprint density at radius 3 is 2.62 bits per heavy atom. The molecule has 0 radical (unpaired) electrons. The monoisotopic (exact) mass is 455 g/mol. The van der Waals surface area contributed by atoms with Gasteiger partial charge in [0.1, 0.15) is 18.0 Å². The summed E-state index contributed by atoms with van der Waals surface area (Å²) in [5.41, 5.74) is 2.36. The number of carbonyl (C=O) groups excluding carboxylic acids is 1. The topological polar surface area (TPSA) is 140 Å². The Balaban J connectivity index is 1.90. The zero-order valence-corrected chi connectivity index (χ0v) is 17.0.